The first-order valence-corrected chi connectivity index (χ1v) is 7.66. The van der Waals surface area contributed by atoms with Crippen LogP contribution < -0.4 is 10.0 Å². The van der Waals surface area contributed by atoms with Gasteiger partial charge in [0, 0.05) is 31.7 Å². The summed E-state index contributed by atoms with van der Waals surface area (Å²) in [5, 5.41) is 7.00. The summed E-state index contributed by atoms with van der Waals surface area (Å²) in [7, 11) is -1.71. The van der Waals surface area contributed by atoms with Crippen molar-refractivity contribution >= 4 is 10.0 Å². The first-order valence-electron chi connectivity index (χ1n) is 6.17. The van der Waals surface area contributed by atoms with Gasteiger partial charge in [-0.15, -0.1) is 0 Å². The summed E-state index contributed by atoms with van der Waals surface area (Å²) in [6.45, 7) is 1.55. The zero-order valence-electron chi connectivity index (χ0n) is 11.2. The summed E-state index contributed by atoms with van der Waals surface area (Å²) < 4.78 is 28.3. The van der Waals surface area contributed by atoms with Gasteiger partial charge in [-0.2, -0.15) is 5.10 Å². The van der Waals surface area contributed by atoms with Gasteiger partial charge < -0.3 is 5.32 Å². The Morgan fingerprint density at radius 2 is 2.20 bits per heavy atom. The number of likely N-dealkylation sites (N-methyl/N-ethyl adjacent to an activating group) is 1. The summed E-state index contributed by atoms with van der Waals surface area (Å²) in [6.07, 6.45) is 6.13. The predicted molar refractivity (Wildman–Crippen MR) is 74.4 cm³/mol. The molecule has 0 aliphatic rings. The van der Waals surface area contributed by atoms with E-state index >= 15 is 0 Å². The van der Waals surface area contributed by atoms with Crippen molar-refractivity contribution in [3.63, 3.8) is 0 Å². The molecule has 2 heterocycles. The van der Waals surface area contributed by atoms with Crippen LogP contribution in [0.25, 0.3) is 0 Å². The zero-order valence-corrected chi connectivity index (χ0v) is 12.0. The second-order valence-corrected chi connectivity index (χ2v) is 6.00. The van der Waals surface area contributed by atoms with E-state index in [9.17, 15) is 8.42 Å². The molecule has 2 aromatic rings. The lowest BCUT2D eigenvalue weighted by Crippen LogP contribution is -2.23. The van der Waals surface area contributed by atoms with Gasteiger partial charge in [0.05, 0.1) is 12.7 Å². The monoisotopic (exact) mass is 295 g/mol. The van der Waals surface area contributed by atoms with Gasteiger partial charge in [-0.3, -0.25) is 9.67 Å². The van der Waals surface area contributed by atoms with Crippen molar-refractivity contribution in [1.82, 2.24) is 24.8 Å². The number of sulfonamides is 1. The molecule has 0 aliphatic heterocycles. The van der Waals surface area contributed by atoms with Gasteiger partial charge in [-0.25, -0.2) is 13.1 Å². The van der Waals surface area contributed by atoms with E-state index in [0.717, 1.165) is 12.1 Å². The molecule has 0 unspecified atom stereocenters. The average Bonchev–Trinajstić information content (AvgIpc) is 2.94. The number of hydrogen-bond donors (Lipinski definition) is 2. The fraction of sp³-hybridized carbons (Fsp3) is 0.333. The summed E-state index contributed by atoms with van der Waals surface area (Å²) in [5.41, 5.74) is 0.804. The highest BCUT2D eigenvalue weighted by molar-refractivity contribution is 7.89. The van der Waals surface area contributed by atoms with Gasteiger partial charge in [0.25, 0.3) is 0 Å². The second-order valence-electron chi connectivity index (χ2n) is 4.23. The number of pyridine rings is 1. The smallest absolute Gasteiger partial charge is 0.243 e. The quantitative estimate of drug-likeness (QED) is 0.749. The Labute approximate surface area is 118 Å². The highest BCUT2D eigenvalue weighted by atomic mass is 32.2. The fourth-order valence-electron chi connectivity index (χ4n) is 1.60. The summed E-state index contributed by atoms with van der Waals surface area (Å²) in [4.78, 5) is 4.10. The van der Waals surface area contributed by atoms with Crippen molar-refractivity contribution in [2.75, 3.05) is 13.6 Å². The third-order valence-electron chi connectivity index (χ3n) is 2.70. The van der Waals surface area contributed by atoms with Gasteiger partial charge in [0.15, 0.2) is 0 Å². The van der Waals surface area contributed by atoms with Crippen LogP contribution in [0, 0.1) is 0 Å². The second kappa shape index (κ2) is 6.60. The minimum Gasteiger partial charge on any atom is -0.318 e. The van der Waals surface area contributed by atoms with E-state index in [-0.39, 0.29) is 11.4 Å². The molecule has 2 rings (SSSR count). The van der Waals surface area contributed by atoms with Crippen molar-refractivity contribution in [3.05, 3.63) is 42.5 Å². The predicted octanol–water partition coefficient (Wildman–Crippen LogP) is -0.0240. The van der Waals surface area contributed by atoms with Crippen molar-refractivity contribution < 1.29 is 8.42 Å². The molecule has 0 saturated carbocycles. The molecule has 0 fully saturated rings. The molecule has 8 heteroatoms. The Morgan fingerprint density at radius 1 is 1.35 bits per heavy atom. The molecule has 0 atom stereocenters. The zero-order chi connectivity index (χ0) is 14.4. The molecular weight excluding hydrogens is 278 g/mol. The van der Waals surface area contributed by atoms with E-state index in [4.69, 9.17) is 0 Å². The highest BCUT2D eigenvalue weighted by Gasteiger charge is 2.16. The van der Waals surface area contributed by atoms with Crippen LogP contribution in [0.2, 0.25) is 0 Å². The van der Waals surface area contributed by atoms with E-state index in [0.29, 0.717) is 6.54 Å². The molecule has 108 valence electrons. The van der Waals surface area contributed by atoms with Crippen molar-refractivity contribution in [3.8, 4) is 0 Å². The van der Waals surface area contributed by atoms with E-state index in [1.165, 1.54) is 12.4 Å². The van der Waals surface area contributed by atoms with Crippen molar-refractivity contribution in [2.24, 2.45) is 0 Å². The molecular formula is C12H17N5O2S. The van der Waals surface area contributed by atoms with Crippen LogP contribution in [0.1, 0.15) is 5.56 Å². The normalized spacial score (nSPS) is 11.7. The van der Waals surface area contributed by atoms with Crippen LogP contribution in [-0.4, -0.2) is 36.8 Å². The summed E-state index contributed by atoms with van der Waals surface area (Å²) in [6, 6.07) is 3.57. The minimum absolute atomic E-state index is 0.164. The number of aromatic nitrogens is 3. The lowest BCUT2D eigenvalue weighted by molar-refractivity contribution is 0.576. The molecule has 2 N–H and O–H groups in total. The number of nitrogens with one attached hydrogen (secondary N) is 2. The first kappa shape index (κ1) is 14.6. The van der Waals surface area contributed by atoms with E-state index in [1.807, 2.05) is 13.1 Å². The van der Waals surface area contributed by atoms with Crippen LogP contribution >= 0.6 is 0 Å². The Balaban J connectivity index is 2.01. The third kappa shape index (κ3) is 3.86. The Kier molecular flexibility index (Phi) is 4.83. The average molecular weight is 295 g/mol. The molecule has 0 spiro atoms. The van der Waals surface area contributed by atoms with Crippen molar-refractivity contribution in [1.29, 1.82) is 0 Å². The van der Waals surface area contributed by atoms with Gasteiger partial charge in [0.2, 0.25) is 10.0 Å². The molecule has 0 aromatic carbocycles. The van der Waals surface area contributed by atoms with Gasteiger partial charge in [0.1, 0.15) is 4.90 Å². The van der Waals surface area contributed by atoms with Crippen LogP contribution in [0.3, 0.4) is 0 Å². The lowest BCUT2D eigenvalue weighted by atomic mass is 10.3. The van der Waals surface area contributed by atoms with Gasteiger partial charge >= 0.3 is 0 Å². The van der Waals surface area contributed by atoms with Crippen LogP contribution in [0.4, 0.5) is 0 Å². The SMILES string of the molecule is CNCCn1cc(S(=O)(=O)NCc2cccnc2)cn1. The van der Waals surface area contributed by atoms with Crippen LogP contribution in [-0.2, 0) is 23.1 Å². The van der Waals surface area contributed by atoms with Gasteiger partial charge in [-0.05, 0) is 18.7 Å². The molecule has 0 saturated heterocycles. The van der Waals surface area contributed by atoms with E-state index < -0.39 is 10.0 Å². The standard InChI is InChI=1S/C12H17N5O2S/c1-13-5-6-17-10-12(9-15-17)20(18,19)16-8-11-3-2-4-14-7-11/h2-4,7,9-10,13,16H,5-6,8H2,1H3. The maximum Gasteiger partial charge on any atom is 0.243 e. The molecule has 0 radical (unpaired) electrons. The Bertz CT molecular complexity index is 639. The first-order chi connectivity index (χ1) is 9.62. The molecule has 7 nitrogen and oxygen atoms in total. The van der Waals surface area contributed by atoms with Crippen LogP contribution in [0.5, 0.6) is 0 Å². The Hall–Kier alpha value is -1.77. The minimum atomic E-state index is -3.54. The Morgan fingerprint density at radius 3 is 2.90 bits per heavy atom. The van der Waals surface area contributed by atoms with Crippen LogP contribution in [0.15, 0.2) is 41.8 Å². The van der Waals surface area contributed by atoms with E-state index in [2.05, 4.69) is 20.1 Å². The third-order valence-corrected chi connectivity index (χ3v) is 4.06. The topological polar surface area (TPSA) is 88.9 Å². The number of nitrogens with zero attached hydrogens (tertiary/aromatic N) is 3. The maximum absolute atomic E-state index is 12.1. The molecule has 0 aliphatic carbocycles. The van der Waals surface area contributed by atoms with Crippen molar-refractivity contribution in [2.45, 2.75) is 18.0 Å². The van der Waals surface area contributed by atoms with Gasteiger partial charge in [-0.1, -0.05) is 6.07 Å². The molecule has 20 heavy (non-hydrogen) atoms. The maximum atomic E-state index is 12.1. The van der Waals surface area contributed by atoms with E-state index in [1.54, 1.807) is 23.1 Å². The fourth-order valence-corrected chi connectivity index (χ4v) is 2.57. The summed E-state index contributed by atoms with van der Waals surface area (Å²) in [5.74, 6) is 0. The lowest BCUT2D eigenvalue weighted by Gasteiger charge is -2.04. The largest absolute Gasteiger partial charge is 0.318 e. The summed E-state index contributed by atoms with van der Waals surface area (Å²) >= 11 is 0. The molecule has 0 amide bonds. The number of hydrogen-bond acceptors (Lipinski definition) is 5. The molecule has 2 aromatic heterocycles. The number of rotatable bonds is 7. The molecule has 0 bridgehead atoms. The highest BCUT2D eigenvalue weighted by Crippen LogP contribution is 2.08.